The van der Waals surface area contributed by atoms with E-state index in [1.807, 2.05) is 37.3 Å². The van der Waals surface area contributed by atoms with Crippen LogP contribution in [-0.4, -0.2) is 28.5 Å². The van der Waals surface area contributed by atoms with Crippen molar-refractivity contribution < 1.29 is 18.8 Å². The molecule has 2 aromatic heterocycles. The van der Waals surface area contributed by atoms with E-state index in [0.717, 1.165) is 16.8 Å². The monoisotopic (exact) mass is 431 g/mol. The summed E-state index contributed by atoms with van der Waals surface area (Å²) in [6.45, 7) is 3.94. The van der Waals surface area contributed by atoms with Gasteiger partial charge in [-0.25, -0.2) is 4.98 Å². The lowest BCUT2D eigenvalue weighted by Gasteiger charge is -2.13. The molecule has 0 radical (unpaired) electrons. The average molecular weight is 431 g/mol. The predicted molar refractivity (Wildman–Crippen MR) is 115 cm³/mol. The Morgan fingerprint density at radius 2 is 1.94 bits per heavy atom. The normalized spacial score (nSPS) is 15.4. The molecule has 1 aromatic carbocycles. The Hall–Kier alpha value is -4.14. The van der Waals surface area contributed by atoms with Crippen molar-refractivity contribution in [3.8, 4) is 17.1 Å². The molecule has 9 heteroatoms. The molecule has 0 fully saturated rings. The summed E-state index contributed by atoms with van der Waals surface area (Å²) in [6, 6.07) is 12.9. The number of nitrogens with zero attached hydrogens (tertiary/aromatic N) is 4. The number of rotatable bonds is 7. The van der Waals surface area contributed by atoms with Crippen LogP contribution in [0.1, 0.15) is 28.6 Å². The summed E-state index contributed by atoms with van der Waals surface area (Å²) in [5.41, 5.74) is 3.49. The van der Waals surface area contributed by atoms with E-state index in [9.17, 15) is 9.59 Å². The molecule has 1 N–H and O–H groups in total. The molecule has 162 valence electrons. The van der Waals surface area contributed by atoms with Gasteiger partial charge < -0.3 is 14.6 Å². The standard InChI is InChI=1S/C23H21N5O4/c1-14-10-18(23(30)27-26-14)12-25-22(29)17-8-9-20(24-11-17)31-13-19-15(2)32-28-21(19)16-6-4-3-5-7-16/h3-11,18H,12-13H2,1-2H3,(H,25,29). The van der Waals surface area contributed by atoms with Crippen molar-refractivity contribution in [3.63, 3.8) is 0 Å². The van der Waals surface area contributed by atoms with Crippen molar-refractivity contribution >= 4 is 11.8 Å². The zero-order chi connectivity index (χ0) is 22.5. The topological polar surface area (TPSA) is 119 Å². The summed E-state index contributed by atoms with van der Waals surface area (Å²) >= 11 is 0. The lowest BCUT2D eigenvalue weighted by Crippen LogP contribution is -2.32. The van der Waals surface area contributed by atoms with Gasteiger partial charge in [0.25, 0.3) is 11.8 Å². The summed E-state index contributed by atoms with van der Waals surface area (Å²) in [4.78, 5) is 28.3. The minimum atomic E-state index is -0.516. The zero-order valence-corrected chi connectivity index (χ0v) is 17.6. The van der Waals surface area contributed by atoms with Gasteiger partial charge in [0.05, 0.1) is 22.7 Å². The summed E-state index contributed by atoms with van der Waals surface area (Å²) < 4.78 is 11.1. The van der Waals surface area contributed by atoms with Gasteiger partial charge >= 0.3 is 0 Å². The van der Waals surface area contributed by atoms with Crippen LogP contribution in [0.3, 0.4) is 0 Å². The second-order valence-electron chi connectivity index (χ2n) is 7.27. The molecule has 0 bridgehead atoms. The van der Waals surface area contributed by atoms with Gasteiger partial charge in [-0.2, -0.15) is 5.11 Å². The minimum Gasteiger partial charge on any atom is -0.473 e. The number of aromatic nitrogens is 2. The van der Waals surface area contributed by atoms with E-state index in [-0.39, 0.29) is 25.0 Å². The number of hydrogen-bond acceptors (Lipinski definition) is 7. The third-order valence-corrected chi connectivity index (χ3v) is 4.94. The highest BCUT2D eigenvalue weighted by Crippen LogP contribution is 2.26. The molecule has 1 atom stereocenters. The minimum absolute atomic E-state index is 0.140. The fourth-order valence-corrected chi connectivity index (χ4v) is 3.18. The van der Waals surface area contributed by atoms with E-state index >= 15 is 0 Å². The Bertz CT molecular complexity index is 1180. The third kappa shape index (κ3) is 4.77. The fraction of sp³-hybridized carbons (Fsp3) is 0.217. The Kier molecular flexibility index (Phi) is 6.16. The van der Waals surface area contributed by atoms with E-state index in [2.05, 4.69) is 25.7 Å². The number of hydrogen-bond donors (Lipinski definition) is 1. The number of pyridine rings is 1. The van der Waals surface area contributed by atoms with Crippen molar-refractivity contribution in [2.75, 3.05) is 6.54 Å². The molecule has 0 aliphatic carbocycles. The van der Waals surface area contributed by atoms with Crippen LogP contribution in [0.5, 0.6) is 5.88 Å². The van der Waals surface area contributed by atoms with Crippen LogP contribution in [0.15, 0.2) is 75.2 Å². The molecule has 0 saturated heterocycles. The Labute approximate surface area is 184 Å². The number of benzene rings is 1. The molecule has 9 nitrogen and oxygen atoms in total. The van der Waals surface area contributed by atoms with Gasteiger partial charge in [-0.15, -0.1) is 5.11 Å². The molecular weight excluding hydrogens is 410 g/mol. The number of allylic oxidation sites excluding steroid dienone is 1. The highest BCUT2D eigenvalue weighted by atomic mass is 16.5. The summed E-state index contributed by atoms with van der Waals surface area (Å²) in [5.74, 6) is -0.204. The van der Waals surface area contributed by atoms with Crippen LogP contribution in [0, 0.1) is 12.8 Å². The third-order valence-electron chi connectivity index (χ3n) is 4.94. The van der Waals surface area contributed by atoms with Gasteiger partial charge in [-0.1, -0.05) is 35.5 Å². The number of ether oxygens (including phenoxy) is 1. The van der Waals surface area contributed by atoms with Crippen molar-refractivity contribution in [2.45, 2.75) is 20.5 Å². The maximum absolute atomic E-state index is 12.4. The van der Waals surface area contributed by atoms with Crippen LogP contribution >= 0.6 is 0 Å². The number of amides is 2. The Morgan fingerprint density at radius 3 is 2.69 bits per heavy atom. The van der Waals surface area contributed by atoms with E-state index in [4.69, 9.17) is 9.26 Å². The summed E-state index contributed by atoms with van der Waals surface area (Å²) in [6.07, 6.45) is 3.11. The first-order valence-electron chi connectivity index (χ1n) is 10.0. The number of azo groups is 1. The SMILES string of the molecule is CC1=CC(CNC(=O)c2ccc(OCc3c(-c4ccccc4)noc3C)nc2)C(=O)N=N1. The van der Waals surface area contributed by atoms with Gasteiger partial charge in [0.2, 0.25) is 5.88 Å². The van der Waals surface area contributed by atoms with Crippen molar-refractivity contribution in [3.05, 3.63) is 77.3 Å². The van der Waals surface area contributed by atoms with E-state index in [1.165, 1.54) is 6.20 Å². The molecule has 1 unspecified atom stereocenters. The molecular formula is C23H21N5O4. The molecule has 4 rings (SSSR count). The molecule has 1 aliphatic heterocycles. The average Bonchev–Trinajstić information content (AvgIpc) is 3.19. The van der Waals surface area contributed by atoms with Gasteiger partial charge in [0.1, 0.15) is 18.1 Å². The van der Waals surface area contributed by atoms with Crippen molar-refractivity contribution in [1.29, 1.82) is 0 Å². The quantitative estimate of drug-likeness (QED) is 0.607. The van der Waals surface area contributed by atoms with Gasteiger partial charge in [-0.05, 0) is 26.0 Å². The second-order valence-corrected chi connectivity index (χ2v) is 7.27. The number of carbonyl (C=O) groups is 2. The van der Waals surface area contributed by atoms with Gasteiger partial charge in [0, 0.05) is 24.4 Å². The fourth-order valence-electron chi connectivity index (χ4n) is 3.18. The number of carbonyl (C=O) groups excluding carboxylic acids is 2. The molecule has 0 saturated carbocycles. The van der Waals surface area contributed by atoms with Crippen LogP contribution in [0.2, 0.25) is 0 Å². The highest BCUT2D eigenvalue weighted by molar-refractivity contribution is 5.94. The van der Waals surface area contributed by atoms with E-state index in [0.29, 0.717) is 22.9 Å². The zero-order valence-electron chi connectivity index (χ0n) is 17.6. The Balaban J connectivity index is 1.36. The second kappa shape index (κ2) is 9.34. The lowest BCUT2D eigenvalue weighted by atomic mass is 10.1. The molecule has 3 heterocycles. The lowest BCUT2D eigenvalue weighted by molar-refractivity contribution is -0.120. The summed E-state index contributed by atoms with van der Waals surface area (Å²) in [5, 5.41) is 14.1. The number of aryl methyl sites for hydroxylation is 1. The van der Waals surface area contributed by atoms with Gasteiger partial charge in [0.15, 0.2) is 0 Å². The first-order chi connectivity index (χ1) is 15.5. The summed E-state index contributed by atoms with van der Waals surface area (Å²) in [7, 11) is 0. The maximum atomic E-state index is 12.4. The largest absolute Gasteiger partial charge is 0.473 e. The molecule has 1 aliphatic rings. The molecule has 0 spiro atoms. The molecule has 32 heavy (non-hydrogen) atoms. The first kappa shape index (κ1) is 21.1. The molecule has 2 amide bonds. The van der Waals surface area contributed by atoms with Crippen LogP contribution in [0.4, 0.5) is 0 Å². The van der Waals surface area contributed by atoms with Gasteiger partial charge in [-0.3, -0.25) is 9.59 Å². The number of nitrogens with one attached hydrogen (secondary N) is 1. The maximum Gasteiger partial charge on any atom is 0.273 e. The highest BCUT2D eigenvalue weighted by Gasteiger charge is 2.21. The van der Waals surface area contributed by atoms with Crippen LogP contribution in [-0.2, 0) is 11.4 Å². The Morgan fingerprint density at radius 1 is 1.12 bits per heavy atom. The van der Waals surface area contributed by atoms with E-state index < -0.39 is 5.92 Å². The van der Waals surface area contributed by atoms with Crippen molar-refractivity contribution in [1.82, 2.24) is 15.5 Å². The predicted octanol–water partition coefficient (Wildman–Crippen LogP) is 3.87. The first-order valence-corrected chi connectivity index (χ1v) is 10.0. The molecule has 3 aromatic rings. The van der Waals surface area contributed by atoms with E-state index in [1.54, 1.807) is 25.1 Å². The van der Waals surface area contributed by atoms with Crippen LogP contribution < -0.4 is 10.1 Å². The van der Waals surface area contributed by atoms with Crippen molar-refractivity contribution in [2.24, 2.45) is 16.1 Å². The van der Waals surface area contributed by atoms with Crippen LogP contribution in [0.25, 0.3) is 11.3 Å². The smallest absolute Gasteiger partial charge is 0.273 e.